The predicted molar refractivity (Wildman–Crippen MR) is 78.5 cm³/mol. The maximum absolute atomic E-state index is 11.8. The lowest BCUT2D eigenvalue weighted by Crippen LogP contribution is -2.35. The minimum absolute atomic E-state index is 0.195. The van der Waals surface area contributed by atoms with Crippen molar-refractivity contribution in [2.75, 3.05) is 12.3 Å². The minimum atomic E-state index is -0.670. The van der Waals surface area contributed by atoms with Gasteiger partial charge in [0.25, 0.3) is 5.91 Å². The van der Waals surface area contributed by atoms with E-state index in [1.807, 2.05) is 44.2 Å². The predicted octanol–water partition coefficient (Wildman–Crippen LogP) is 2.24. The summed E-state index contributed by atoms with van der Waals surface area (Å²) in [5, 5.41) is 2.73. The zero-order valence-corrected chi connectivity index (χ0v) is 12.5. The second-order valence-corrected chi connectivity index (χ2v) is 6.66. The van der Waals surface area contributed by atoms with Gasteiger partial charge in [-0.05, 0) is 12.1 Å². The van der Waals surface area contributed by atoms with E-state index in [0.29, 0.717) is 18.7 Å². The van der Waals surface area contributed by atoms with Gasteiger partial charge in [0, 0.05) is 22.6 Å². The molecule has 1 unspecified atom stereocenters. The largest absolute Gasteiger partial charge is 0.452 e. The second kappa shape index (κ2) is 6.31. The Morgan fingerprint density at radius 2 is 2.10 bits per heavy atom. The Morgan fingerprint density at radius 1 is 1.40 bits per heavy atom. The van der Waals surface area contributed by atoms with Crippen LogP contribution in [0.5, 0.6) is 0 Å². The molecule has 1 atom stereocenters. The highest BCUT2D eigenvalue weighted by Gasteiger charge is 2.44. The molecule has 1 aromatic carbocycles. The van der Waals surface area contributed by atoms with Crippen molar-refractivity contribution < 1.29 is 14.3 Å². The lowest BCUT2D eigenvalue weighted by molar-refractivity contribution is -0.158. The van der Waals surface area contributed by atoms with Gasteiger partial charge in [-0.25, -0.2) is 0 Å². The van der Waals surface area contributed by atoms with Crippen LogP contribution in [0.1, 0.15) is 20.3 Å². The SMILES string of the molecule is CC1(C)CNC(=O)C1OC(=O)CCSc1ccccc1. The molecule has 5 heteroatoms. The monoisotopic (exact) mass is 293 g/mol. The number of carbonyl (C=O) groups excluding carboxylic acids is 2. The lowest BCUT2D eigenvalue weighted by Gasteiger charge is -2.23. The quantitative estimate of drug-likeness (QED) is 0.668. The number of hydrogen-bond donors (Lipinski definition) is 1. The molecule has 4 nitrogen and oxygen atoms in total. The number of carbonyl (C=O) groups is 2. The van der Waals surface area contributed by atoms with Gasteiger partial charge in [-0.3, -0.25) is 9.59 Å². The van der Waals surface area contributed by atoms with Gasteiger partial charge in [-0.2, -0.15) is 0 Å². The Labute approximate surface area is 123 Å². The number of amides is 1. The first-order chi connectivity index (χ1) is 9.49. The molecule has 0 aromatic heterocycles. The van der Waals surface area contributed by atoms with Crippen molar-refractivity contribution in [2.24, 2.45) is 5.41 Å². The molecule has 1 saturated heterocycles. The van der Waals surface area contributed by atoms with E-state index in [1.165, 1.54) is 0 Å². The average Bonchev–Trinajstić information content (AvgIpc) is 2.67. The van der Waals surface area contributed by atoms with Gasteiger partial charge >= 0.3 is 5.97 Å². The maximum Gasteiger partial charge on any atom is 0.307 e. The van der Waals surface area contributed by atoms with Crippen LogP contribution in [-0.2, 0) is 14.3 Å². The molecule has 1 heterocycles. The van der Waals surface area contributed by atoms with Gasteiger partial charge in [0.15, 0.2) is 6.10 Å². The molecular formula is C15H19NO3S. The average molecular weight is 293 g/mol. The van der Waals surface area contributed by atoms with Gasteiger partial charge in [-0.1, -0.05) is 32.0 Å². The van der Waals surface area contributed by atoms with Gasteiger partial charge < -0.3 is 10.1 Å². The summed E-state index contributed by atoms with van der Waals surface area (Å²) in [6, 6.07) is 9.89. The highest BCUT2D eigenvalue weighted by atomic mass is 32.2. The second-order valence-electron chi connectivity index (χ2n) is 5.49. The molecule has 1 fully saturated rings. The van der Waals surface area contributed by atoms with Gasteiger partial charge in [0.05, 0.1) is 6.42 Å². The summed E-state index contributed by atoms with van der Waals surface area (Å²) in [5.41, 5.74) is -0.334. The fourth-order valence-electron chi connectivity index (χ4n) is 2.03. The van der Waals surface area contributed by atoms with Crippen LogP contribution >= 0.6 is 11.8 Å². The van der Waals surface area contributed by atoms with Gasteiger partial charge in [0.2, 0.25) is 0 Å². The third-order valence-corrected chi connectivity index (χ3v) is 4.25. The van der Waals surface area contributed by atoms with Crippen molar-refractivity contribution >= 4 is 23.6 Å². The fraction of sp³-hybridized carbons (Fsp3) is 0.467. The number of ether oxygens (including phenoxy) is 1. The van der Waals surface area contributed by atoms with Crippen LogP contribution in [0, 0.1) is 5.41 Å². The van der Waals surface area contributed by atoms with E-state index in [1.54, 1.807) is 11.8 Å². The molecule has 1 N–H and O–H groups in total. The van der Waals surface area contributed by atoms with Crippen molar-refractivity contribution in [2.45, 2.75) is 31.3 Å². The lowest BCUT2D eigenvalue weighted by atomic mass is 9.90. The summed E-state index contributed by atoms with van der Waals surface area (Å²) in [6.45, 7) is 4.38. The first-order valence-electron chi connectivity index (χ1n) is 6.64. The van der Waals surface area contributed by atoms with Crippen molar-refractivity contribution in [1.82, 2.24) is 5.32 Å². The van der Waals surface area contributed by atoms with Crippen LogP contribution in [-0.4, -0.2) is 30.3 Å². The van der Waals surface area contributed by atoms with Crippen LogP contribution in [0.2, 0.25) is 0 Å². The van der Waals surface area contributed by atoms with E-state index >= 15 is 0 Å². The normalized spacial score (nSPS) is 20.5. The Balaban J connectivity index is 1.77. The van der Waals surface area contributed by atoms with Crippen LogP contribution in [0.25, 0.3) is 0 Å². The number of benzene rings is 1. The Bertz CT molecular complexity index is 487. The van der Waals surface area contributed by atoms with Crippen LogP contribution in [0.15, 0.2) is 35.2 Å². The van der Waals surface area contributed by atoms with Gasteiger partial charge in [0.1, 0.15) is 0 Å². The highest BCUT2D eigenvalue weighted by molar-refractivity contribution is 7.99. The third-order valence-electron chi connectivity index (χ3n) is 3.23. The summed E-state index contributed by atoms with van der Waals surface area (Å²) in [6.07, 6.45) is -0.365. The molecule has 0 aliphatic carbocycles. The fourth-order valence-corrected chi connectivity index (χ4v) is 2.88. The number of rotatable bonds is 5. The van der Waals surface area contributed by atoms with Crippen molar-refractivity contribution in [3.05, 3.63) is 30.3 Å². The van der Waals surface area contributed by atoms with Crippen molar-refractivity contribution in [3.63, 3.8) is 0 Å². The molecular weight excluding hydrogens is 274 g/mol. The summed E-state index contributed by atoms with van der Waals surface area (Å²) < 4.78 is 5.31. The molecule has 0 bridgehead atoms. The molecule has 108 valence electrons. The minimum Gasteiger partial charge on any atom is -0.452 e. The zero-order chi connectivity index (χ0) is 14.6. The number of nitrogens with one attached hydrogen (secondary N) is 1. The Kier molecular flexibility index (Phi) is 4.70. The summed E-state index contributed by atoms with van der Waals surface area (Å²) in [5.74, 6) is 0.139. The topological polar surface area (TPSA) is 55.4 Å². The van der Waals surface area contributed by atoms with Crippen LogP contribution in [0.4, 0.5) is 0 Å². The molecule has 1 aliphatic heterocycles. The smallest absolute Gasteiger partial charge is 0.307 e. The molecule has 1 amide bonds. The zero-order valence-electron chi connectivity index (χ0n) is 11.7. The maximum atomic E-state index is 11.8. The molecule has 0 saturated carbocycles. The Hall–Kier alpha value is -1.49. The molecule has 0 spiro atoms. The molecule has 0 radical (unpaired) electrons. The molecule has 1 aliphatic rings. The van der Waals surface area contributed by atoms with Crippen molar-refractivity contribution in [3.8, 4) is 0 Å². The van der Waals surface area contributed by atoms with E-state index < -0.39 is 6.10 Å². The Morgan fingerprint density at radius 3 is 2.70 bits per heavy atom. The molecule has 1 aromatic rings. The molecule has 20 heavy (non-hydrogen) atoms. The van der Waals surface area contributed by atoms with Crippen LogP contribution < -0.4 is 5.32 Å². The molecule has 2 rings (SSSR count). The van der Waals surface area contributed by atoms with Gasteiger partial charge in [-0.15, -0.1) is 11.8 Å². The number of thioether (sulfide) groups is 1. The summed E-state index contributed by atoms with van der Waals surface area (Å²) >= 11 is 1.61. The first kappa shape index (κ1) is 14.9. The first-order valence-corrected chi connectivity index (χ1v) is 7.63. The summed E-state index contributed by atoms with van der Waals surface area (Å²) in [7, 11) is 0. The van der Waals surface area contributed by atoms with Crippen molar-refractivity contribution in [1.29, 1.82) is 0 Å². The van der Waals surface area contributed by atoms with E-state index in [9.17, 15) is 9.59 Å². The summed E-state index contributed by atoms with van der Waals surface area (Å²) in [4.78, 5) is 24.6. The number of hydrogen-bond acceptors (Lipinski definition) is 4. The van der Waals surface area contributed by atoms with Crippen LogP contribution in [0.3, 0.4) is 0 Å². The van der Waals surface area contributed by atoms with E-state index in [-0.39, 0.29) is 17.3 Å². The third kappa shape index (κ3) is 3.76. The van der Waals surface area contributed by atoms with E-state index in [4.69, 9.17) is 4.74 Å². The number of esters is 1. The standard InChI is InChI=1S/C15H19NO3S/c1-15(2)10-16-14(18)13(15)19-12(17)8-9-20-11-6-4-3-5-7-11/h3-7,13H,8-10H2,1-2H3,(H,16,18). The highest BCUT2D eigenvalue weighted by Crippen LogP contribution is 2.28. The van der Waals surface area contributed by atoms with E-state index in [2.05, 4.69) is 5.32 Å². The van der Waals surface area contributed by atoms with E-state index in [0.717, 1.165) is 4.90 Å².